The molecule has 0 saturated heterocycles. The van der Waals surface area contributed by atoms with Gasteiger partial charge in [-0.3, -0.25) is 4.79 Å². The van der Waals surface area contributed by atoms with E-state index in [0.717, 1.165) is 0 Å². The van der Waals surface area contributed by atoms with E-state index in [1.54, 1.807) is 24.3 Å². The number of rotatable bonds is 7. The lowest BCUT2D eigenvalue weighted by atomic mass is 10.1. The van der Waals surface area contributed by atoms with Crippen LogP contribution in [0.2, 0.25) is 5.02 Å². The molecule has 0 unspecified atom stereocenters. The van der Waals surface area contributed by atoms with Gasteiger partial charge in [-0.2, -0.15) is 0 Å². The summed E-state index contributed by atoms with van der Waals surface area (Å²) in [7, 11) is 4.32. The molecule has 2 aromatic rings. The van der Waals surface area contributed by atoms with Crippen molar-refractivity contribution in [3.8, 4) is 17.2 Å². The molecular weight excluding hydrogens is 348 g/mol. The third-order valence-corrected chi connectivity index (χ3v) is 3.76. The van der Waals surface area contributed by atoms with Gasteiger partial charge >= 0.3 is 5.97 Å². The molecule has 0 aliphatic carbocycles. The van der Waals surface area contributed by atoms with Crippen molar-refractivity contribution < 1.29 is 28.5 Å². The van der Waals surface area contributed by atoms with E-state index < -0.39 is 18.4 Å². The summed E-state index contributed by atoms with van der Waals surface area (Å²) in [5.41, 5.74) is 0.406. The number of hydrogen-bond acceptors (Lipinski definition) is 6. The fourth-order valence-corrected chi connectivity index (χ4v) is 2.40. The molecule has 0 aliphatic rings. The van der Waals surface area contributed by atoms with Crippen molar-refractivity contribution in [1.29, 1.82) is 0 Å². The highest BCUT2D eigenvalue weighted by Gasteiger charge is 2.20. The minimum Gasteiger partial charge on any atom is -0.496 e. The van der Waals surface area contributed by atoms with Gasteiger partial charge in [0, 0.05) is 17.7 Å². The lowest BCUT2D eigenvalue weighted by Gasteiger charge is -2.13. The summed E-state index contributed by atoms with van der Waals surface area (Å²) < 4.78 is 20.6. The summed E-state index contributed by atoms with van der Waals surface area (Å²) in [6.07, 6.45) is 0. The van der Waals surface area contributed by atoms with Gasteiger partial charge in [-0.05, 0) is 12.1 Å². The van der Waals surface area contributed by atoms with Gasteiger partial charge in [0.2, 0.25) is 5.78 Å². The average molecular weight is 365 g/mol. The van der Waals surface area contributed by atoms with Gasteiger partial charge in [0.25, 0.3) is 0 Å². The highest BCUT2D eigenvalue weighted by Crippen LogP contribution is 2.34. The molecule has 0 spiro atoms. The standard InChI is InChI=1S/C18H17ClO6/c1-22-15-9-17(24-3)16(23-2)8-12(15)18(21)25-10-14(20)11-6-4-5-7-13(11)19/h4-9H,10H2,1-3H3. The molecule has 25 heavy (non-hydrogen) atoms. The summed E-state index contributed by atoms with van der Waals surface area (Å²) in [5.74, 6) is -0.139. The molecule has 0 aromatic heterocycles. The van der Waals surface area contributed by atoms with Crippen molar-refractivity contribution in [3.05, 3.63) is 52.5 Å². The Hall–Kier alpha value is -2.73. The third kappa shape index (κ3) is 4.22. The summed E-state index contributed by atoms with van der Waals surface area (Å²) in [4.78, 5) is 24.5. The van der Waals surface area contributed by atoms with Crippen molar-refractivity contribution in [1.82, 2.24) is 0 Å². The molecule has 132 valence electrons. The molecule has 0 N–H and O–H groups in total. The predicted molar refractivity (Wildman–Crippen MR) is 92.2 cm³/mol. The first-order valence-corrected chi connectivity index (χ1v) is 7.64. The maximum absolute atomic E-state index is 12.3. The van der Waals surface area contributed by atoms with Crippen LogP contribution in [0.5, 0.6) is 17.2 Å². The van der Waals surface area contributed by atoms with Crippen LogP contribution in [0.3, 0.4) is 0 Å². The SMILES string of the molecule is COc1cc(OC)c(C(=O)OCC(=O)c2ccccc2Cl)cc1OC. The summed E-state index contributed by atoms with van der Waals surface area (Å²) in [5, 5.41) is 0.298. The van der Waals surface area contributed by atoms with Gasteiger partial charge in [-0.15, -0.1) is 0 Å². The summed E-state index contributed by atoms with van der Waals surface area (Å²) in [6.45, 7) is -0.444. The van der Waals surface area contributed by atoms with Crippen molar-refractivity contribution in [3.63, 3.8) is 0 Å². The van der Waals surface area contributed by atoms with Crippen LogP contribution < -0.4 is 14.2 Å². The number of Topliss-reactive ketones (excluding diaryl/α,β-unsaturated/α-hetero) is 1. The molecule has 0 fully saturated rings. The summed E-state index contributed by atoms with van der Waals surface area (Å²) >= 11 is 5.96. The van der Waals surface area contributed by atoms with Crippen LogP contribution in [-0.2, 0) is 4.74 Å². The molecule has 0 bridgehead atoms. The van der Waals surface area contributed by atoms with Crippen molar-refractivity contribution in [2.75, 3.05) is 27.9 Å². The van der Waals surface area contributed by atoms with Crippen LogP contribution in [0, 0.1) is 0 Å². The zero-order valence-electron chi connectivity index (χ0n) is 14.0. The first-order chi connectivity index (χ1) is 12.0. The Morgan fingerprint density at radius 3 is 2.08 bits per heavy atom. The van der Waals surface area contributed by atoms with Crippen LogP contribution in [0.15, 0.2) is 36.4 Å². The maximum Gasteiger partial charge on any atom is 0.342 e. The second-order valence-electron chi connectivity index (χ2n) is 4.89. The number of hydrogen-bond donors (Lipinski definition) is 0. The Kier molecular flexibility index (Phi) is 6.25. The van der Waals surface area contributed by atoms with E-state index in [1.807, 2.05) is 0 Å². The molecule has 0 aliphatic heterocycles. The lowest BCUT2D eigenvalue weighted by Crippen LogP contribution is -2.15. The molecule has 0 saturated carbocycles. The monoisotopic (exact) mass is 364 g/mol. The van der Waals surface area contributed by atoms with Gasteiger partial charge < -0.3 is 18.9 Å². The fourth-order valence-electron chi connectivity index (χ4n) is 2.16. The number of esters is 1. The van der Waals surface area contributed by atoms with E-state index in [0.29, 0.717) is 16.5 Å². The smallest absolute Gasteiger partial charge is 0.342 e. The van der Waals surface area contributed by atoms with Crippen molar-refractivity contribution >= 4 is 23.4 Å². The number of carbonyl (C=O) groups excluding carboxylic acids is 2. The van der Waals surface area contributed by atoms with Crippen molar-refractivity contribution in [2.45, 2.75) is 0 Å². The average Bonchev–Trinajstić information content (AvgIpc) is 2.64. The van der Waals surface area contributed by atoms with Gasteiger partial charge in [0.15, 0.2) is 18.1 Å². The van der Waals surface area contributed by atoms with Crippen LogP contribution in [-0.4, -0.2) is 39.7 Å². The molecule has 0 radical (unpaired) electrons. The van der Waals surface area contributed by atoms with Crippen LogP contribution in [0.25, 0.3) is 0 Å². The van der Waals surface area contributed by atoms with Crippen molar-refractivity contribution in [2.24, 2.45) is 0 Å². The van der Waals surface area contributed by atoms with E-state index in [9.17, 15) is 9.59 Å². The van der Waals surface area contributed by atoms with Crippen LogP contribution in [0.1, 0.15) is 20.7 Å². The molecule has 0 heterocycles. The second-order valence-corrected chi connectivity index (χ2v) is 5.29. The predicted octanol–water partition coefficient (Wildman–Crippen LogP) is 3.41. The number of ether oxygens (including phenoxy) is 4. The zero-order chi connectivity index (χ0) is 18.4. The van der Waals surface area contributed by atoms with Gasteiger partial charge in [0.05, 0.1) is 26.4 Å². The molecule has 0 amide bonds. The van der Waals surface area contributed by atoms with Crippen LogP contribution >= 0.6 is 11.6 Å². The van der Waals surface area contributed by atoms with Gasteiger partial charge in [-0.25, -0.2) is 4.79 Å². The number of benzene rings is 2. The Labute approximate surface area is 150 Å². The van der Waals surface area contributed by atoms with E-state index in [4.69, 9.17) is 30.5 Å². The number of halogens is 1. The van der Waals surface area contributed by atoms with Gasteiger partial charge in [0.1, 0.15) is 11.3 Å². The third-order valence-electron chi connectivity index (χ3n) is 3.43. The van der Waals surface area contributed by atoms with E-state index in [1.165, 1.54) is 33.5 Å². The first kappa shape index (κ1) is 18.6. The Morgan fingerprint density at radius 1 is 0.880 bits per heavy atom. The lowest BCUT2D eigenvalue weighted by molar-refractivity contribution is 0.0471. The maximum atomic E-state index is 12.3. The Balaban J connectivity index is 2.18. The molecular formula is C18H17ClO6. The number of methoxy groups -OCH3 is 3. The quantitative estimate of drug-likeness (QED) is 0.554. The normalized spacial score (nSPS) is 10.1. The molecule has 2 aromatic carbocycles. The Morgan fingerprint density at radius 2 is 1.48 bits per heavy atom. The molecule has 0 atom stereocenters. The second kappa shape index (κ2) is 8.39. The summed E-state index contributed by atoms with van der Waals surface area (Å²) in [6, 6.07) is 9.48. The van der Waals surface area contributed by atoms with E-state index >= 15 is 0 Å². The van der Waals surface area contributed by atoms with Gasteiger partial charge in [-0.1, -0.05) is 23.7 Å². The zero-order valence-corrected chi connectivity index (χ0v) is 14.8. The topological polar surface area (TPSA) is 71.1 Å². The largest absolute Gasteiger partial charge is 0.496 e. The van der Waals surface area contributed by atoms with Crippen LogP contribution in [0.4, 0.5) is 0 Å². The molecule has 2 rings (SSSR count). The number of ketones is 1. The highest BCUT2D eigenvalue weighted by molar-refractivity contribution is 6.34. The fraction of sp³-hybridized carbons (Fsp3) is 0.222. The first-order valence-electron chi connectivity index (χ1n) is 7.26. The Bertz CT molecular complexity index is 787. The minimum atomic E-state index is -0.724. The minimum absolute atomic E-state index is 0.118. The highest BCUT2D eigenvalue weighted by atomic mass is 35.5. The number of carbonyl (C=O) groups is 2. The van der Waals surface area contributed by atoms with E-state index in [-0.39, 0.29) is 16.9 Å². The molecule has 6 nitrogen and oxygen atoms in total. The molecule has 7 heteroatoms. The van der Waals surface area contributed by atoms with E-state index in [2.05, 4.69) is 0 Å².